The molecule has 0 aliphatic carbocycles. The summed E-state index contributed by atoms with van der Waals surface area (Å²) in [6.45, 7) is 9.90. The summed E-state index contributed by atoms with van der Waals surface area (Å²) in [6, 6.07) is 6.76. The second-order valence-electron chi connectivity index (χ2n) is 6.31. The number of nitrogens with zero attached hydrogens (tertiary/aromatic N) is 2. The number of rotatable bonds is 9. The Bertz CT molecular complexity index is 702. The van der Waals surface area contributed by atoms with Crippen LogP contribution in [0.5, 0.6) is 0 Å². The summed E-state index contributed by atoms with van der Waals surface area (Å²) in [5.41, 5.74) is 0.661. The van der Waals surface area contributed by atoms with Gasteiger partial charge in [0.2, 0.25) is 10.0 Å². The van der Waals surface area contributed by atoms with Crippen LogP contribution in [0.2, 0.25) is 0 Å². The Morgan fingerprint density at radius 1 is 1.26 bits per heavy atom. The van der Waals surface area contributed by atoms with Gasteiger partial charge in [-0.3, -0.25) is 4.90 Å². The molecule has 0 saturated carbocycles. The van der Waals surface area contributed by atoms with Gasteiger partial charge in [-0.05, 0) is 43.4 Å². The van der Waals surface area contributed by atoms with E-state index in [0.29, 0.717) is 23.9 Å². The van der Waals surface area contributed by atoms with E-state index < -0.39 is 10.0 Å². The average molecular weight is 415 g/mol. The normalized spacial score (nSPS) is 15.7. The third-order valence-electron chi connectivity index (χ3n) is 4.48. The highest BCUT2D eigenvalue weighted by atomic mass is 32.2. The van der Waals surface area contributed by atoms with E-state index in [-0.39, 0.29) is 4.90 Å². The molecule has 0 radical (unpaired) electrons. The maximum atomic E-state index is 12.6. The number of morpholine rings is 1. The van der Waals surface area contributed by atoms with Crippen molar-refractivity contribution in [1.82, 2.24) is 14.5 Å². The first kappa shape index (κ1) is 22.0. The zero-order valence-corrected chi connectivity index (χ0v) is 17.7. The van der Waals surface area contributed by atoms with Gasteiger partial charge in [-0.25, -0.2) is 8.42 Å². The van der Waals surface area contributed by atoms with Crippen LogP contribution in [-0.4, -0.2) is 75.2 Å². The second kappa shape index (κ2) is 10.9. The van der Waals surface area contributed by atoms with Crippen LogP contribution in [0.4, 0.5) is 5.69 Å². The van der Waals surface area contributed by atoms with Crippen molar-refractivity contribution < 1.29 is 13.2 Å². The summed E-state index contributed by atoms with van der Waals surface area (Å²) in [4.78, 5) is 2.65. The van der Waals surface area contributed by atoms with Crippen LogP contribution in [0.3, 0.4) is 0 Å². The number of benzene rings is 1. The molecule has 1 heterocycles. The van der Waals surface area contributed by atoms with Crippen LogP contribution in [0.15, 0.2) is 29.2 Å². The molecule has 9 heteroatoms. The van der Waals surface area contributed by atoms with Gasteiger partial charge >= 0.3 is 0 Å². The Labute approximate surface area is 168 Å². The van der Waals surface area contributed by atoms with E-state index in [9.17, 15) is 8.42 Å². The first-order chi connectivity index (χ1) is 13.0. The Morgan fingerprint density at radius 2 is 1.96 bits per heavy atom. The molecule has 0 spiro atoms. The fourth-order valence-corrected chi connectivity index (χ4v) is 4.68. The molecule has 152 valence electrons. The summed E-state index contributed by atoms with van der Waals surface area (Å²) >= 11 is 5.32. The van der Waals surface area contributed by atoms with Gasteiger partial charge in [-0.1, -0.05) is 19.9 Å². The molecule has 2 rings (SSSR count). The standard InChI is InChI=1S/C18H30N4O3S2/c1-3-22(4-2)27(23,24)17-8-5-7-16(15-17)20-18(26)19-9-6-10-21-11-13-25-14-12-21/h5,7-8,15H,3-4,6,9-14H2,1-2H3,(H2,19,20,26). The first-order valence-electron chi connectivity index (χ1n) is 9.42. The highest BCUT2D eigenvalue weighted by Gasteiger charge is 2.21. The fraction of sp³-hybridized carbons (Fsp3) is 0.611. The maximum Gasteiger partial charge on any atom is 0.243 e. The molecule has 1 aromatic carbocycles. The zero-order valence-electron chi connectivity index (χ0n) is 16.1. The molecule has 0 bridgehead atoms. The summed E-state index contributed by atoms with van der Waals surface area (Å²) in [6.07, 6.45) is 0.984. The molecule has 0 atom stereocenters. The minimum absolute atomic E-state index is 0.270. The van der Waals surface area contributed by atoms with E-state index >= 15 is 0 Å². The number of hydrogen-bond acceptors (Lipinski definition) is 5. The molecule has 0 unspecified atom stereocenters. The molecule has 0 amide bonds. The molecule has 1 saturated heterocycles. The van der Waals surface area contributed by atoms with Crippen LogP contribution in [-0.2, 0) is 14.8 Å². The predicted molar refractivity (Wildman–Crippen MR) is 113 cm³/mol. The van der Waals surface area contributed by atoms with Gasteiger partial charge in [0.15, 0.2) is 5.11 Å². The van der Waals surface area contributed by atoms with Gasteiger partial charge in [0, 0.05) is 38.4 Å². The minimum atomic E-state index is -3.48. The van der Waals surface area contributed by atoms with E-state index in [1.807, 2.05) is 19.9 Å². The predicted octanol–water partition coefficient (Wildman–Crippen LogP) is 1.73. The van der Waals surface area contributed by atoms with Crippen molar-refractivity contribution in [3.05, 3.63) is 24.3 Å². The lowest BCUT2D eigenvalue weighted by Crippen LogP contribution is -2.38. The Morgan fingerprint density at radius 3 is 2.63 bits per heavy atom. The van der Waals surface area contributed by atoms with Gasteiger partial charge < -0.3 is 15.4 Å². The molecular formula is C18H30N4O3S2. The van der Waals surface area contributed by atoms with Crippen molar-refractivity contribution in [2.45, 2.75) is 25.2 Å². The summed E-state index contributed by atoms with van der Waals surface area (Å²) in [5, 5.41) is 6.74. The third-order valence-corrected chi connectivity index (χ3v) is 6.77. The van der Waals surface area contributed by atoms with E-state index in [0.717, 1.165) is 45.8 Å². The van der Waals surface area contributed by atoms with Gasteiger partial charge in [0.1, 0.15) is 0 Å². The van der Waals surface area contributed by atoms with E-state index in [4.69, 9.17) is 17.0 Å². The maximum absolute atomic E-state index is 12.6. The van der Waals surface area contributed by atoms with Crippen LogP contribution in [0.25, 0.3) is 0 Å². The largest absolute Gasteiger partial charge is 0.379 e. The van der Waals surface area contributed by atoms with Crippen LogP contribution < -0.4 is 10.6 Å². The molecular weight excluding hydrogens is 384 g/mol. The molecule has 0 aromatic heterocycles. The third kappa shape index (κ3) is 6.69. The van der Waals surface area contributed by atoms with Gasteiger partial charge in [0.05, 0.1) is 18.1 Å². The van der Waals surface area contributed by atoms with Crippen molar-refractivity contribution in [2.75, 3.05) is 57.8 Å². The van der Waals surface area contributed by atoms with E-state index in [1.54, 1.807) is 18.2 Å². The van der Waals surface area contributed by atoms with E-state index in [1.165, 1.54) is 4.31 Å². The van der Waals surface area contributed by atoms with Gasteiger partial charge in [-0.15, -0.1) is 0 Å². The van der Waals surface area contributed by atoms with Crippen molar-refractivity contribution in [1.29, 1.82) is 0 Å². The topological polar surface area (TPSA) is 73.9 Å². The highest BCUT2D eigenvalue weighted by molar-refractivity contribution is 7.89. The number of hydrogen-bond donors (Lipinski definition) is 2. The smallest absolute Gasteiger partial charge is 0.243 e. The monoisotopic (exact) mass is 414 g/mol. The Kier molecular flexibility index (Phi) is 8.91. The fourth-order valence-electron chi connectivity index (χ4n) is 2.95. The van der Waals surface area contributed by atoms with Crippen LogP contribution in [0, 0.1) is 0 Å². The van der Waals surface area contributed by atoms with Crippen molar-refractivity contribution in [3.63, 3.8) is 0 Å². The molecule has 1 aliphatic heterocycles. The van der Waals surface area contributed by atoms with Crippen molar-refractivity contribution in [3.8, 4) is 0 Å². The van der Waals surface area contributed by atoms with Crippen LogP contribution in [0.1, 0.15) is 20.3 Å². The number of thiocarbonyl (C=S) groups is 1. The summed E-state index contributed by atoms with van der Waals surface area (Å²) < 4.78 is 32.0. The second-order valence-corrected chi connectivity index (χ2v) is 8.65. The quantitative estimate of drug-likeness (QED) is 0.471. The number of anilines is 1. The highest BCUT2D eigenvalue weighted by Crippen LogP contribution is 2.19. The molecule has 7 nitrogen and oxygen atoms in total. The lowest BCUT2D eigenvalue weighted by Gasteiger charge is -2.26. The summed E-state index contributed by atoms with van der Waals surface area (Å²) in [5.74, 6) is 0. The molecule has 1 aliphatic rings. The number of nitrogens with one attached hydrogen (secondary N) is 2. The average Bonchev–Trinajstić information content (AvgIpc) is 2.67. The Balaban J connectivity index is 1.83. The number of ether oxygens (including phenoxy) is 1. The van der Waals surface area contributed by atoms with Gasteiger partial charge in [0.25, 0.3) is 0 Å². The minimum Gasteiger partial charge on any atom is -0.379 e. The summed E-state index contributed by atoms with van der Waals surface area (Å²) in [7, 11) is -3.48. The lowest BCUT2D eigenvalue weighted by molar-refractivity contribution is 0.0376. The van der Waals surface area contributed by atoms with Gasteiger partial charge in [-0.2, -0.15) is 4.31 Å². The molecule has 2 N–H and O–H groups in total. The Hall–Kier alpha value is -1.26. The lowest BCUT2D eigenvalue weighted by atomic mass is 10.3. The SMILES string of the molecule is CCN(CC)S(=O)(=O)c1cccc(NC(=S)NCCCN2CCOCC2)c1. The van der Waals surface area contributed by atoms with Crippen LogP contribution >= 0.6 is 12.2 Å². The number of sulfonamides is 1. The first-order valence-corrected chi connectivity index (χ1v) is 11.3. The molecule has 1 fully saturated rings. The van der Waals surface area contributed by atoms with Crippen molar-refractivity contribution in [2.24, 2.45) is 0 Å². The van der Waals surface area contributed by atoms with E-state index in [2.05, 4.69) is 15.5 Å². The molecule has 27 heavy (non-hydrogen) atoms. The van der Waals surface area contributed by atoms with Crippen molar-refractivity contribution >= 4 is 33.0 Å². The molecule has 1 aromatic rings. The zero-order chi connectivity index (χ0) is 19.7.